The summed E-state index contributed by atoms with van der Waals surface area (Å²) >= 11 is 9.33. The fourth-order valence-electron chi connectivity index (χ4n) is 1.65. The lowest BCUT2D eigenvalue weighted by molar-refractivity contribution is 0.620. The van der Waals surface area contributed by atoms with E-state index in [2.05, 4.69) is 20.9 Å². The van der Waals surface area contributed by atoms with Crippen molar-refractivity contribution in [1.29, 1.82) is 0 Å². The summed E-state index contributed by atoms with van der Waals surface area (Å²) in [4.78, 5) is 4.41. The number of hydrogen-bond acceptors (Lipinski definition) is 2. The number of aromatic nitrogens is 1. The minimum absolute atomic E-state index is 0.601. The Labute approximate surface area is 111 Å². The molecule has 0 saturated carbocycles. The molecule has 1 heterocycles. The van der Waals surface area contributed by atoms with Crippen molar-refractivity contribution in [2.45, 2.75) is 0 Å². The van der Waals surface area contributed by atoms with Crippen molar-refractivity contribution in [2.24, 2.45) is 0 Å². The van der Waals surface area contributed by atoms with Gasteiger partial charge in [-0.05, 0) is 36.4 Å². The van der Waals surface area contributed by atoms with E-state index < -0.39 is 0 Å². The number of fused-ring (bicyclic) bond motifs is 1. The van der Waals surface area contributed by atoms with Crippen molar-refractivity contribution in [3.63, 3.8) is 0 Å². The molecule has 4 heteroatoms. The number of hydrogen-bond donors (Lipinski definition) is 0. The Morgan fingerprint density at radius 2 is 2.00 bits per heavy atom. The fourth-order valence-corrected chi connectivity index (χ4v) is 2.21. The molecular formula is C13H7BrClNO. The first-order valence-corrected chi connectivity index (χ1v) is 6.21. The standard InChI is InChI=1S/C13H7BrClNO/c14-9-3-1-2-8(6-9)13-16-11-7-10(15)4-5-12(11)17-13/h1-7H. The van der Waals surface area contributed by atoms with Crippen LogP contribution < -0.4 is 0 Å². The van der Waals surface area contributed by atoms with Crippen molar-refractivity contribution < 1.29 is 4.42 Å². The second-order valence-electron chi connectivity index (χ2n) is 3.64. The van der Waals surface area contributed by atoms with Crippen LogP contribution in [0.15, 0.2) is 51.4 Å². The summed E-state index contributed by atoms with van der Waals surface area (Å²) in [6.07, 6.45) is 0. The maximum absolute atomic E-state index is 5.91. The maximum atomic E-state index is 5.91. The predicted octanol–water partition coefficient (Wildman–Crippen LogP) is 4.91. The summed E-state index contributed by atoms with van der Waals surface area (Å²) in [5.74, 6) is 0.601. The zero-order chi connectivity index (χ0) is 11.8. The van der Waals surface area contributed by atoms with Crippen molar-refractivity contribution in [3.05, 3.63) is 52.0 Å². The van der Waals surface area contributed by atoms with Gasteiger partial charge in [0, 0.05) is 15.1 Å². The highest BCUT2D eigenvalue weighted by molar-refractivity contribution is 9.10. The first-order chi connectivity index (χ1) is 8.22. The van der Waals surface area contributed by atoms with Gasteiger partial charge in [-0.1, -0.05) is 33.6 Å². The molecule has 3 aromatic rings. The van der Waals surface area contributed by atoms with Crippen LogP contribution in [0, 0.1) is 0 Å². The van der Waals surface area contributed by atoms with Crippen molar-refractivity contribution in [2.75, 3.05) is 0 Å². The smallest absolute Gasteiger partial charge is 0.227 e. The summed E-state index contributed by atoms with van der Waals surface area (Å²) in [6.45, 7) is 0. The van der Waals surface area contributed by atoms with E-state index in [0.29, 0.717) is 10.9 Å². The molecule has 2 aromatic carbocycles. The lowest BCUT2D eigenvalue weighted by Crippen LogP contribution is -1.76. The minimum Gasteiger partial charge on any atom is -0.436 e. The van der Waals surface area contributed by atoms with Crippen LogP contribution in [0.2, 0.25) is 5.02 Å². The molecule has 0 fully saturated rings. The van der Waals surface area contributed by atoms with Gasteiger partial charge in [0.1, 0.15) is 5.52 Å². The van der Waals surface area contributed by atoms with Gasteiger partial charge in [-0.15, -0.1) is 0 Å². The monoisotopic (exact) mass is 307 g/mol. The van der Waals surface area contributed by atoms with Crippen LogP contribution in [0.3, 0.4) is 0 Å². The first-order valence-electron chi connectivity index (χ1n) is 5.04. The molecule has 84 valence electrons. The molecule has 0 aliphatic rings. The average Bonchev–Trinajstić information content (AvgIpc) is 2.72. The van der Waals surface area contributed by atoms with Crippen LogP contribution in [0.25, 0.3) is 22.6 Å². The lowest BCUT2D eigenvalue weighted by atomic mass is 10.2. The molecule has 3 rings (SSSR count). The Morgan fingerprint density at radius 3 is 2.82 bits per heavy atom. The van der Waals surface area contributed by atoms with Crippen LogP contribution in [0.1, 0.15) is 0 Å². The Morgan fingerprint density at radius 1 is 1.12 bits per heavy atom. The highest BCUT2D eigenvalue weighted by Crippen LogP contribution is 2.27. The molecule has 0 spiro atoms. The topological polar surface area (TPSA) is 26.0 Å². The van der Waals surface area contributed by atoms with Crippen molar-refractivity contribution in [1.82, 2.24) is 4.98 Å². The summed E-state index contributed by atoms with van der Waals surface area (Å²) < 4.78 is 6.67. The second kappa shape index (κ2) is 4.17. The van der Waals surface area contributed by atoms with Gasteiger partial charge in [0.2, 0.25) is 5.89 Å². The Kier molecular flexibility index (Phi) is 2.65. The third-order valence-corrected chi connectivity index (χ3v) is 3.15. The molecule has 0 radical (unpaired) electrons. The Bertz CT molecular complexity index is 693. The van der Waals surface area contributed by atoms with Gasteiger partial charge >= 0.3 is 0 Å². The summed E-state index contributed by atoms with van der Waals surface area (Å²) in [5.41, 5.74) is 2.45. The van der Waals surface area contributed by atoms with Gasteiger partial charge in [0.25, 0.3) is 0 Å². The van der Waals surface area contributed by atoms with Gasteiger partial charge in [-0.2, -0.15) is 0 Å². The molecule has 0 unspecified atom stereocenters. The SMILES string of the molecule is Clc1ccc2oc(-c3cccc(Br)c3)nc2c1. The highest BCUT2D eigenvalue weighted by atomic mass is 79.9. The number of rotatable bonds is 1. The molecule has 0 bridgehead atoms. The zero-order valence-corrected chi connectivity index (χ0v) is 11.0. The Hall–Kier alpha value is -1.32. The number of halogens is 2. The summed E-state index contributed by atoms with van der Waals surface area (Å²) in [7, 11) is 0. The van der Waals surface area contributed by atoms with E-state index in [9.17, 15) is 0 Å². The lowest BCUT2D eigenvalue weighted by Gasteiger charge is -1.94. The molecule has 1 aromatic heterocycles. The van der Waals surface area contributed by atoms with Gasteiger partial charge in [0.15, 0.2) is 5.58 Å². The number of nitrogens with zero attached hydrogens (tertiary/aromatic N) is 1. The highest BCUT2D eigenvalue weighted by Gasteiger charge is 2.08. The number of benzene rings is 2. The second-order valence-corrected chi connectivity index (χ2v) is 4.99. The van der Waals surface area contributed by atoms with Crippen LogP contribution in [-0.4, -0.2) is 4.98 Å². The van der Waals surface area contributed by atoms with Crippen molar-refractivity contribution in [3.8, 4) is 11.5 Å². The number of oxazole rings is 1. The molecule has 0 N–H and O–H groups in total. The summed E-state index contributed by atoms with van der Waals surface area (Å²) in [5, 5.41) is 0.659. The maximum Gasteiger partial charge on any atom is 0.227 e. The van der Waals surface area contributed by atoms with E-state index in [4.69, 9.17) is 16.0 Å². The van der Waals surface area contributed by atoms with Crippen molar-refractivity contribution >= 4 is 38.6 Å². The van der Waals surface area contributed by atoms with Crippen LogP contribution in [0.4, 0.5) is 0 Å². The third-order valence-electron chi connectivity index (χ3n) is 2.42. The van der Waals surface area contributed by atoms with Crippen LogP contribution in [-0.2, 0) is 0 Å². The normalized spacial score (nSPS) is 10.9. The summed E-state index contributed by atoms with van der Waals surface area (Å²) in [6, 6.07) is 13.2. The van der Waals surface area contributed by atoms with Gasteiger partial charge < -0.3 is 4.42 Å². The minimum atomic E-state index is 0.601. The largest absolute Gasteiger partial charge is 0.436 e. The van der Waals surface area contributed by atoms with Crippen LogP contribution >= 0.6 is 27.5 Å². The van der Waals surface area contributed by atoms with E-state index in [1.54, 1.807) is 12.1 Å². The molecule has 0 atom stereocenters. The van der Waals surface area contributed by atoms with Gasteiger partial charge in [-0.25, -0.2) is 4.98 Å². The van der Waals surface area contributed by atoms with Gasteiger partial charge in [0.05, 0.1) is 0 Å². The Balaban J connectivity index is 2.18. The molecule has 17 heavy (non-hydrogen) atoms. The average molecular weight is 309 g/mol. The zero-order valence-electron chi connectivity index (χ0n) is 8.65. The third kappa shape index (κ3) is 2.08. The fraction of sp³-hybridized carbons (Fsp3) is 0. The predicted molar refractivity (Wildman–Crippen MR) is 72.2 cm³/mol. The van der Waals surface area contributed by atoms with Crippen LogP contribution in [0.5, 0.6) is 0 Å². The first kappa shape index (κ1) is 10.8. The molecule has 0 amide bonds. The molecule has 0 aliphatic heterocycles. The quantitative estimate of drug-likeness (QED) is 0.638. The molecule has 0 aliphatic carbocycles. The molecule has 2 nitrogen and oxygen atoms in total. The van der Waals surface area contributed by atoms with E-state index in [1.165, 1.54) is 0 Å². The van der Waals surface area contributed by atoms with E-state index >= 15 is 0 Å². The van der Waals surface area contributed by atoms with E-state index in [1.807, 2.05) is 30.3 Å². The van der Waals surface area contributed by atoms with Gasteiger partial charge in [-0.3, -0.25) is 0 Å². The molecular weight excluding hydrogens is 302 g/mol. The van der Waals surface area contributed by atoms with E-state index in [-0.39, 0.29) is 0 Å². The molecule has 0 saturated heterocycles. The van der Waals surface area contributed by atoms with E-state index in [0.717, 1.165) is 21.1 Å².